The number of nitrogens with one attached hydrogen (secondary N) is 1. The van der Waals surface area contributed by atoms with Crippen LogP contribution in [-0.4, -0.2) is 22.8 Å². The molecule has 2 aromatic carbocycles. The number of para-hydroxylation sites is 1. The average molecular weight is 534 g/mol. The van der Waals surface area contributed by atoms with E-state index in [4.69, 9.17) is 17.4 Å². The van der Waals surface area contributed by atoms with Crippen molar-refractivity contribution in [2.24, 2.45) is 17.8 Å². The number of hydrogen-bond acceptors (Lipinski definition) is 6. The number of nitrogen functional groups attached to an aromatic ring is 1. The maximum Gasteiger partial charge on any atom is 0.295 e. The Hall–Kier alpha value is -2.62. The number of nitrogens with two attached hydrogens (primary N) is 1. The zero-order chi connectivity index (χ0) is 26.6. The van der Waals surface area contributed by atoms with Crippen molar-refractivity contribution in [1.29, 1.82) is 0 Å². The molecule has 4 rings (SSSR count). The number of hydrogen-bond donors (Lipinski definition) is 2. The van der Waals surface area contributed by atoms with E-state index in [1.807, 2.05) is 13.0 Å². The minimum absolute atomic E-state index is 0.257. The van der Waals surface area contributed by atoms with Gasteiger partial charge in [-0.3, -0.25) is 5.84 Å². The first-order chi connectivity index (χ1) is 16.9. The van der Waals surface area contributed by atoms with E-state index >= 15 is 0 Å². The smallest absolute Gasteiger partial charge is 0.295 e. The lowest BCUT2D eigenvalue weighted by Gasteiger charge is -2.34. The molecule has 10 heteroatoms. The van der Waals surface area contributed by atoms with E-state index in [1.54, 1.807) is 22.9 Å². The molecular formula is C26H36ClN5O3S. The molecular weight excluding hydrogens is 498 g/mol. The Labute approximate surface area is 219 Å². The van der Waals surface area contributed by atoms with Crippen LogP contribution >= 0.6 is 11.6 Å². The molecule has 3 N–H and O–H groups in total. The molecule has 0 bridgehead atoms. The van der Waals surface area contributed by atoms with Crippen molar-refractivity contribution in [2.45, 2.75) is 64.8 Å². The summed E-state index contributed by atoms with van der Waals surface area (Å²) in [6.45, 7) is 11.0. The lowest BCUT2D eigenvalue weighted by atomic mass is 9.74. The molecule has 1 aliphatic carbocycles. The van der Waals surface area contributed by atoms with Crippen LogP contribution in [0.25, 0.3) is 0 Å². The minimum atomic E-state index is -4.40. The summed E-state index contributed by atoms with van der Waals surface area (Å²) in [5.41, 5.74) is 1.35. The Kier molecular flexibility index (Phi) is 9.03. The fourth-order valence-corrected chi connectivity index (χ4v) is 5.44. The monoisotopic (exact) mass is 533 g/mol. The summed E-state index contributed by atoms with van der Waals surface area (Å²) < 4.78 is 36.2. The first-order valence-corrected chi connectivity index (χ1v) is 14.0. The predicted molar refractivity (Wildman–Crippen MR) is 142 cm³/mol. The number of anilines is 2. The molecule has 8 nitrogen and oxygen atoms in total. The highest BCUT2D eigenvalue weighted by Gasteiger charge is 2.38. The molecule has 1 heterocycles. The molecule has 1 aromatic heterocycles. The number of benzene rings is 2. The van der Waals surface area contributed by atoms with Gasteiger partial charge in [-0.05, 0) is 67.0 Å². The third kappa shape index (κ3) is 6.78. The van der Waals surface area contributed by atoms with E-state index in [0.717, 1.165) is 23.5 Å². The molecule has 36 heavy (non-hydrogen) atoms. The zero-order valence-corrected chi connectivity index (χ0v) is 23.1. The average Bonchev–Trinajstić information content (AvgIpc) is 3.08. The van der Waals surface area contributed by atoms with E-state index in [9.17, 15) is 13.0 Å². The Morgan fingerprint density at radius 3 is 2.31 bits per heavy atom. The largest absolute Gasteiger partial charge is 0.744 e. The molecule has 3 atom stereocenters. The topological polar surface area (TPSA) is 117 Å². The molecule has 0 spiro atoms. The fraction of sp³-hybridized carbons (Fsp3) is 0.462. The number of aryl methyl sites for hydroxylation is 1. The van der Waals surface area contributed by atoms with Crippen LogP contribution in [-0.2, 0) is 10.1 Å². The van der Waals surface area contributed by atoms with E-state index in [-0.39, 0.29) is 4.90 Å². The summed E-state index contributed by atoms with van der Waals surface area (Å²) in [7, 11) is -4.40. The Morgan fingerprint density at radius 1 is 1.14 bits per heavy atom. The van der Waals surface area contributed by atoms with Gasteiger partial charge in [0, 0.05) is 24.6 Å². The Balaban J connectivity index is 0.000000201. The number of halogens is 1. The molecule has 1 saturated carbocycles. The van der Waals surface area contributed by atoms with Crippen LogP contribution in [0.4, 0.5) is 11.4 Å². The number of rotatable bonds is 5. The maximum atomic E-state index is 10.8. The van der Waals surface area contributed by atoms with E-state index < -0.39 is 10.1 Å². The van der Waals surface area contributed by atoms with Crippen molar-refractivity contribution < 1.29 is 17.6 Å². The highest BCUT2D eigenvalue weighted by Crippen LogP contribution is 2.40. The number of nitrogens with zero attached hydrogens (tertiary/aromatic N) is 3. The fourth-order valence-electron chi connectivity index (χ4n) is 4.79. The maximum absolute atomic E-state index is 10.8. The first kappa shape index (κ1) is 28.0. The van der Waals surface area contributed by atoms with Crippen LogP contribution in [0, 0.1) is 31.6 Å². The molecule has 3 unspecified atom stereocenters. The predicted octanol–water partition coefficient (Wildman–Crippen LogP) is 5.12. The third-order valence-electron chi connectivity index (χ3n) is 6.88. The molecule has 0 aliphatic heterocycles. The lowest BCUT2D eigenvalue weighted by molar-refractivity contribution is -0.652. The summed E-state index contributed by atoms with van der Waals surface area (Å²) in [6.07, 6.45) is 3.89. The first-order valence-electron chi connectivity index (χ1n) is 12.2. The van der Waals surface area contributed by atoms with Gasteiger partial charge in [0.25, 0.3) is 11.6 Å². The molecule has 0 radical (unpaired) electrons. The van der Waals surface area contributed by atoms with Gasteiger partial charge in [0.2, 0.25) is 0 Å². The van der Waals surface area contributed by atoms with Crippen molar-refractivity contribution in [3.8, 4) is 0 Å². The van der Waals surface area contributed by atoms with Crippen LogP contribution in [0.5, 0.6) is 0 Å². The summed E-state index contributed by atoms with van der Waals surface area (Å²) in [6, 6.07) is 13.2. The summed E-state index contributed by atoms with van der Waals surface area (Å²) in [4.78, 5) is -0.257. The van der Waals surface area contributed by atoms with Gasteiger partial charge >= 0.3 is 0 Å². The molecule has 1 fully saturated rings. The summed E-state index contributed by atoms with van der Waals surface area (Å²) >= 11 is 5.97. The standard InChI is InChI=1S/C14H27N4.C12H10ClNO3S/c1-9(2)13-7-6-10(3)8-14(13)18-12(5)17(15)11(4)16-18;13-11-3-1-2-4-12(11)14-9-5-7-10(8-6-9)18(15,16)17/h9-10,13-14H,6-8,15H2,1-5H3;1-8,14H,(H,15,16,17)/q+1;/p-1. The van der Waals surface area contributed by atoms with Gasteiger partial charge < -0.3 is 9.87 Å². The summed E-state index contributed by atoms with van der Waals surface area (Å²) in [5.74, 6) is 10.2. The minimum Gasteiger partial charge on any atom is -0.744 e. The van der Waals surface area contributed by atoms with Crippen LogP contribution < -0.4 is 15.8 Å². The van der Waals surface area contributed by atoms with Crippen molar-refractivity contribution in [3.05, 3.63) is 65.2 Å². The highest BCUT2D eigenvalue weighted by molar-refractivity contribution is 7.85. The van der Waals surface area contributed by atoms with Crippen molar-refractivity contribution >= 4 is 33.1 Å². The van der Waals surface area contributed by atoms with Crippen molar-refractivity contribution in [2.75, 3.05) is 11.2 Å². The second kappa shape index (κ2) is 11.6. The van der Waals surface area contributed by atoms with Gasteiger partial charge in [0.1, 0.15) is 16.2 Å². The Bertz CT molecular complexity index is 1280. The molecule has 0 saturated heterocycles. The van der Waals surface area contributed by atoms with Gasteiger partial charge in [0.15, 0.2) is 0 Å². The summed E-state index contributed by atoms with van der Waals surface area (Å²) in [5, 5.41) is 8.23. The van der Waals surface area contributed by atoms with E-state index in [1.165, 1.54) is 43.5 Å². The second-order valence-electron chi connectivity index (χ2n) is 9.89. The zero-order valence-electron chi connectivity index (χ0n) is 21.5. The number of aromatic nitrogens is 3. The molecule has 1 aliphatic rings. The normalized spacial score (nSPS) is 20.1. The van der Waals surface area contributed by atoms with E-state index in [2.05, 4.69) is 42.8 Å². The van der Waals surface area contributed by atoms with Crippen LogP contribution in [0.3, 0.4) is 0 Å². The van der Waals surface area contributed by atoms with Crippen LogP contribution in [0.2, 0.25) is 5.02 Å². The van der Waals surface area contributed by atoms with Gasteiger partial charge in [-0.25, -0.2) is 8.42 Å². The van der Waals surface area contributed by atoms with Gasteiger partial charge in [-0.2, -0.15) is 0 Å². The van der Waals surface area contributed by atoms with Crippen molar-refractivity contribution in [3.63, 3.8) is 0 Å². The quantitative estimate of drug-likeness (QED) is 0.267. The SMILES string of the molecule is Cc1nn(C2CC(C)CCC2C(C)C)c(C)[n+]1N.O=S(=O)([O-])c1ccc(Nc2ccccc2Cl)cc1. The second-order valence-corrected chi connectivity index (χ2v) is 11.7. The van der Waals surface area contributed by atoms with Crippen LogP contribution in [0.1, 0.15) is 57.7 Å². The van der Waals surface area contributed by atoms with Gasteiger partial charge in [-0.15, -0.1) is 9.36 Å². The van der Waals surface area contributed by atoms with Crippen molar-refractivity contribution in [1.82, 2.24) is 9.78 Å². The molecule has 0 amide bonds. The van der Waals surface area contributed by atoms with Gasteiger partial charge in [-0.1, -0.05) is 50.9 Å². The molecule has 3 aromatic rings. The van der Waals surface area contributed by atoms with E-state index in [0.29, 0.717) is 28.4 Å². The molecule has 196 valence electrons. The lowest BCUT2D eigenvalue weighted by Crippen LogP contribution is -2.49. The highest BCUT2D eigenvalue weighted by atomic mass is 35.5. The van der Waals surface area contributed by atoms with Gasteiger partial charge in [0.05, 0.1) is 15.6 Å². The van der Waals surface area contributed by atoms with Crippen LogP contribution in [0.15, 0.2) is 53.4 Å². The Morgan fingerprint density at radius 2 is 1.78 bits per heavy atom. The third-order valence-corrected chi connectivity index (χ3v) is 8.06.